The second kappa shape index (κ2) is 10.6. The molecule has 2 aromatic heterocycles. The number of alkyl halides is 2. The first-order valence-electron chi connectivity index (χ1n) is 12.1. The molecule has 0 bridgehead atoms. The molecular formula is C27H27F2N5O2. The van der Waals surface area contributed by atoms with Gasteiger partial charge in [-0.05, 0) is 42.0 Å². The van der Waals surface area contributed by atoms with Crippen molar-refractivity contribution in [3.8, 4) is 23.1 Å². The molecule has 0 saturated carbocycles. The first kappa shape index (κ1) is 24.2. The van der Waals surface area contributed by atoms with Crippen LogP contribution in [0.2, 0.25) is 0 Å². The quantitative estimate of drug-likeness (QED) is 0.484. The lowest BCUT2D eigenvalue weighted by atomic mass is 10.1. The van der Waals surface area contributed by atoms with Crippen molar-refractivity contribution in [2.45, 2.75) is 44.3 Å². The number of nitrogens with zero attached hydrogens (tertiary/aromatic N) is 5. The van der Waals surface area contributed by atoms with Gasteiger partial charge in [0.15, 0.2) is 0 Å². The summed E-state index contributed by atoms with van der Waals surface area (Å²) in [5, 5.41) is 9.69. The third-order valence-electron chi connectivity index (χ3n) is 6.44. The third-order valence-corrected chi connectivity index (χ3v) is 6.44. The monoisotopic (exact) mass is 491 g/mol. The topological polar surface area (TPSA) is 84.2 Å². The van der Waals surface area contributed by atoms with Crippen LogP contribution in [0.25, 0.3) is 11.3 Å². The van der Waals surface area contributed by atoms with E-state index in [2.05, 4.69) is 16.0 Å². The van der Waals surface area contributed by atoms with E-state index < -0.39 is 5.92 Å². The number of pyridine rings is 1. The summed E-state index contributed by atoms with van der Waals surface area (Å²) in [6.07, 6.45) is 5.43. The minimum absolute atomic E-state index is 0.0505. The zero-order valence-corrected chi connectivity index (χ0v) is 19.9. The smallest absolute Gasteiger partial charge is 0.261 e. The number of rotatable bonds is 7. The van der Waals surface area contributed by atoms with Crippen molar-refractivity contribution in [2.24, 2.45) is 0 Å². The Kier molecular flexibility index (Phi) is 7.16. The van der Waals surface area contributed by atoms with Gasteiger partial charge in [0.1, 0.15) is 23.7 Å². The van der Waals surface area contributed by atoms with Gasteiger partial charge in [0.05, 0.1) is 36.7 Å². The Morgan fingerprint density at radius 2 is 1.94 bits per heavy atom. The van der Waals surface area contributed by atoms with Gasteiger partial charge in [-0.15, -0.1) is 0 Å². The SMILES string of the molecule is N#Cc1cc(-c2ccnc(Cc3ccnc(CN4CCC(F)(F)C4)c3)n2)ccc1OC1CCOCC1. The van der Waals surface area contributed by atoms with Crippen molar-refractivity contribution in [1.29, 1.82) is 5.26 Å². The lowest BCUT2D eigenvalue weighted by Gasteiger charge is -2.23. The lowest BCUT2D eigenvalue weighted by Crippen LogP contribution is -2.26. The molecule has 0 spiro atoms. The normalized spacial score (nSPS) is 18.1. The Hall–Kier alpha value is -3.48. The first-order valence-corrected chi connectivity index (χ1v) is 12.1. The third kappa shape index (κ3) is 6.01. The molecule has 0 N–H and O–H groups in total. The van der Waals surface area contributed by atoms with Crippen LogP contribution in [0.1, 0.15) is 41.9 Å². The number of halogens is 2. The highest BCUT2D eigenvalue weighted by molar-refractivity contribution is 5.64. The fraction of sp³-hybridized carbons (Fsp3) is 0.407. The maximum Gasteiger partial charge on any atom is 0.261 e. The van der Waals surface area contributed by atoms with Gasteiger partial charge in [-0.25, -0.2) is 18.7 Å². The molecule has 5 rings (SSSR count). The van der Waals surface area contributed by atoms with E-state index in [-0.39, 0.29) is 19.1 Å². The predicted molar refractivity (Wildman–Crippen MR) is 129 cm³/mol. The fourth-order valence-electron chi connectivity index (χ4n) is 4.58. The van der Waals surface area contributed by atoms with Crippen LogP contribution in [-0.4, -0.2) is 58.2 Å². The molecule has 0 atom stereocenters. The molecule has 7 nitrogen and oxygen atoms in total. The van der Waals surface area contributed by atoms with Crippen molar-refractivity contribution >= 4 is 0 Å². The van der Waals surface area contributed by atoms with Crippen molar-refractivity contribution < 1.29 is 18.3 Å². The Labute approximate surface area is 208 Å². The second-order valence-corrected chi connectivity index (χ2v) is 9.26. The minimum Gasteiger partial charge on any atom is -0.489 e. The van der Waals surface area contributed by atoms with Crippen LogP contribution in [0.3, 0.4) is 0 Å². The van der Waals surface area contributed by atoms with Gasteiger partial charge in [-0.1, -0.05) is 0 Å². The molecule has 0 unspecified atom stereocenters. The summed E-state index contributed by atoms with van der Waals surface area (Å²) < 4.78 is 38.4. The van der Waals surface area contributed by atoms with Crippen LogP contribution in [0.5, 0.6) is 5.75 Å². The van der Waals surface area contributed by atoms with Crippen LogP contribution in [0.15, 0.2) is 48.8 Å². The summed E-state index contributed by atoms with van der Waals surface area (Å²) in [5.41, 5.74) is 3.69. The Morgan fingerprint density at radius 3 is 2.72 bits per heavy atom. The minimum atomic E-state index is -2.62. The molecule has 2 aliphatic heterocycles. The molecule has 0 radical (unpaired) electrons. The van der Waals surface area contributed by atoms with Gasteiger partial charge in [0.2, 0.25) is 0 Å². The maximum absolute atomic E-state index is 13.5. The first-order chi connectivity index (χ1) is 17.5. The van der Waals surface area contributed by atoms with Crippen LogP contribution >= 0.6 is 0 Å². The molecule has 2 saturated heterocycles. The summed E-state index contributed by atoms with van der Waals surface area (Å²) in [6.45, 7) is 1.87. The zero-order valence-electron chi connectivity index (χ0n) is 19.9. The number of ether oxygens (including phenoxy) is 2. The van der Waals surface area contributed by atoms with Crippen molar-refractivity contribution in [2.75, 3.05) is 26.3 Å². The van der Waals surface area contributed by atoms with E-state index in [1.807, 2.05) is 30.3 Å². The van der Waals surface area contributed by atoms with Crippen LogP contribution in [0, 0.1) is 11.3 Å². The van der Waals surface area contributed by atoms with E-state index in [4.69, 9.17) is 14.5 Å². The molecule has 186 valence electrons. The number of hydrogen-bond donors (Lipinski definition) is 0. The van der Waals surface area contributed by atoms with Crippen LogP contribution in [0.4, 0.5) is 8.78 Å². The van der Waals surface area contributed by atoms with E-state index in [0.717, 1.165) is 29.7 Å². The molecule has 1 aromatic carbocycles. The number of nitriles is 1. The number of likely N-dealkylation sites (tertiary alicyclic amines) is 1. The lowest BCUT2D eigenvalue weighted by molar-refractivity contribution is 0.0114. The molecule has 0 amide bonds. The summed E-state index contributed by atoms with van der Waals surface area (Å²) in [6, 6.07) is 13.4. The van der Waals surface area contributed by atoms with Crippen LogP contribution in [-0.2, 0) is 17.7 Å². The van der Waals surface area contributed by atoms with Gasteiger partial charge >= 0.3 is 0 Å². The highest BCUT2D eigenvalue weighted by Crippen LogP contribution is 2.29. The summed E-state index contributed by atoms with van der Waals surface area (Å²) in [5.74, 6) is -1.42. The number of hydrogen-bond acceptors (Lipinski definition) is 7. The number of aromatic nitrogens is 3. The van der Waals surface area contributed by atoms with E-state index in [1.165, 1.54) is 0 Å². The predicted octanol–water partition coefficient (Wildman–Crippen LogP) is 4.40. The number of benzene rings is 1. The average Bonchev–Trinajstić information content (AvgIpc) is 3.23. The molecule has 4 heterocycles. The molecule has 0 aliphatic carbocycles. The molecular weight excluding hydrogens is 464 g/mol. The molecule has 9 heteroatoms. The second-order valence-electron chi connectivity index (χ2n) is 9.26. The van der Waals surface area contributed by atoms with E-state index in [9.17, 15) is 14.0 Å². The summed E-state index contributed by atoms with van der Waals surface area (Å²) in [7, 11) is 0. The molecule has 3 aromatic rings. The van der Waals surface area contributed by atoms with E-state index in [0.29, 0.717) is 55.6 Å². The Bertz CT molecular complexity index is 1260. The maximum atomic E-state index is 13.5. The molecule has 2 aliphatic rings. The van der Waals surface area contributed by atoms with Gasteiger partial charge in [-0.3, -0.25) is 9.88 Å². The highest BCUT2D eigenvalue weighted by Gasteiger charge is 2.38. The van der Waals surface area contributed by atoms with Crippen LogP contribution < -0.4 is 4.74 Å². The van der Waals surface area contributed by atoms with Gasteiger partial charge < -0.3 is 9.47 Å². The highest BCUT2D eigenvalue weighted by atomic mass is 19.3. The van der Waals surface area contributed by atoms with Gasteiger partial charge in [-0.2, -0.15) is 5.26 Å². The standard InChI is InChI=1S/C27H27F2N5O2/c28-27(29)7-10-34(18-27)17-22-13-19(3-8-31-22)14-26-32-9-4-24(33-26)20-1-2-25(21(15-20)16-30)36-23-5-11-35-12-6-23/h1-4,8-9,13,15,23H,5-7,10-12,14,17-18H2. The largest absolute Gasteiger partial charge is 0.489 e. The summed E-state index contributed by atoms with van der Waals surface area (Å²) >= 11 is 0. The van der Waals surface area contributed by atoms with E-state index in [1.54, 1.807) is 23.4 Å². The van der Waals surface area contributed by atoms with Crippen molar-refractivity contribution in [3.05, 3.63) is 71.4 Å². The summed E-state index contributed by atoms with van der Waals surface area (Å²) in [4.78, 5) is 15.2. The van der Waals surface area contributed by atoms with Crippen molar-refractivity contribution in [3.63, 3.8) is 0 Å². The Balaban J connectivity index is 1.28. The van der Waals surface area contributed by atoms with Gasteiger partial charge in [0.25, 0.3) is 5.92 Å². The van der Waals surface area contributed by atoms with Gasteiger partial charge in [0, 0.05) is 56.7 Å². The molecule has 2 fully saturated rings. The molecule has 36 heavy (non-hydrogen) atoms. The van der Waals surface area contributed by atoms with Crippen molar-refractivity contribution in [1.82, 2.24) is 19.9 Å². The Morgan fingerprint density at radius 1 is 1.11 bits per heavy atom. The van der Waals surface area contributed by atoms with E-state index >= 15 is 0 Å². The average molecular weight is 492 g/mol. The fourth-order valence-corrected chi connectivity index (χ4v) is 4.58. The zero-order chi connectivity index (χ0) is 25.0.